The third-order valence-corrected chi connectivity index (χ3v) is 3.59. The average Bonchev–Trinajstić information content (AvgIpc) is 2.78. The summed E-state index contributed by atoms with van der Waals surface area (Å²) in [5, 5.41) is 13.5. The summed E-state index contributed by atoms with van der Waals surface area (Å²) >= 11 is 0. The molecule has 6 heteroatoms. The second-order valence-corrected chi connectivity index (χ2v) is 4.61. The van der Waals surface area contributed by atoms with E-state index in [0.29, 0.717) is 5.82 Å². The molecule has 1 saturated carbocycles. The number of rotatable bonds is 3. The maximum absolute atomic E-state index is 13.7. The molecule has 1 N–H and O–H groups in total. The minimum Gasteiger partial charge on any atom is -0.507 e. The van der Waals surface area contributed by atoms with Crippen LogP contribution in [0.15, 0.2) is 22.7 Å². The van der Waals surface area contributed by atoms with Gasteiger partial charge in [-0.25, -0.2) is 4.39 Å². The molecular formula is C13H13FN2O3. The number of halogens is 1. The van der Waals surface area contributed by atoms with E-state index in [2.05, 4.69) is 10.1 Å². The van der Waals surface area contributed by atoms with Crippen molar-refractivity contribution in [3.05, 3.63) is 29.8 Å². The van der Waals surface area contributed by atoms with Gasteiger partial charge in [0, 0.05) is 7.11 Å². The molecule has 0 unspecified atom stereocenters. The summed E-state index contributed by atoms with van der Waals surface area (Å²) in [7, 11) is 1.59. The lowest BCUT2D eigenvalue weighted by atomic mass is 9.79. The highest BCUT2D eigenvalue weighted by atomic mass is 19.1. The van der Waals surface area contributed by atoms with Gasteiger partial charge in [-0.3, -0.25) is 0 Å². The van der Waals surface area contributed by atoms with Gasteiger partial charge in [0.15, 0.2) is 0 Å². The molecule has 0 saturated heterocycles. The average molecular weight is 264 g/mol. The summed E-state index contributed by atoms with van der Waals surface area (Å²) in [5.74, 6) is -0.460. The first-order chi connectivity index (χ1) is 9.16. The van der Waals surface area contributed by atoms with E-state index in [0.717, 1.165) is 19.3 Å². The number of phenols is 1. The second kappa shape index (κ2) is 4.31. The first-order valence-electron chi connectivity index (χ1n) is 6.03. The molecule has 0 spiro atoms. The molecule has 0 atom stereocenters. The molecule has 1 aromatic carbocycles. The lowest BCUT2D eigenvalue weighted by Crippen LogP contribution is -2.37. The third-order valence-electron chi connectivity index (χ3n) is 3.59. The normalized spacial score (nSPS) is 17.2. The molecule has 3 rings (SSSR count). The number of hydrogen-bond acceptors (Lipinski definition) is 5. The number of aromatic hydroxyl groups is 1. The number of ether oxygens (including phenoxy) is 1. The van der Waals surface area contributed by atoms with E-state index in [9.17, 15) is 9.50 Å². The number of benzene rings is 1. The number of methoxy groups -OCH3 is 1. The Hall–Kier alpha value is -1.95. The molecule has 100 valence electrons. The van der Waals surface area contributed by atoms with Crippen LogP contribution in [-0.2, 0) is 10.3 Å². The van der Waals surface area contributed by atoms with Crippen LogP contribution in [0.25, 0.3) is 11.5 Å². The van der Waals surface area contributed by atoms with E-state index in [1.54, 1.807) is 7.11 Å². The third kappa shape index (κ3) is 1.79. The quantitative estimate of drug-likeness (QED) is 0.922. The number of phenolic OH excluding ortho intramolecular Hbond substituents is 1. The molecule has 0 amide bonds. The van der Waals surface area contributed by atoms with Crippen LogP contribution in [0.2, 0.25) is 0 Å². The van der Waals surface area contributed by atoms with E-state index < -0.39 is 11.4 Å². The highest BCUT2D eigenvalue weighted by molar-refractivity contribution is 5.62. The SMILES string of the molecule is COC1(c2noc(-c3c(O)cccc3F)n2)CCC1. The van der Waals surface area contributed by atoms with Gasteiger partial charge in [-0.15, -0.1) is 0 Å². The van der Waals surface area contributed by atoms with Gasteiger partial charge < -0.3 is 14.4 Å². The molecule has 0 bridgehead atoms. The van der Waals surface area contributed by atoms with Crippen molar-refractivity contribution in [1.29, 1.82) is 0 Å². The minimum absolute atomic E-state index is 0.0334. The summed E-state index contributed by atoms with van der Waals surface area (Å²) in [4.78, 5) is 4.16. The van der Waals surface area contributed by atoms with Crippen LogP contribution in [0, 0.1) is 5.82 Å². The molecule has 1 heterocycles. The maximum atomic E-state index is 13.7. The van der Waals surface area contributed by atoms with Crippen molar-refractivity contribution in [2.45, 2.75) is 24.9 Å². The zero-order valence-corrected chi connectivity index (χ0v) is 10.4. The van der Waals surface area contributed by atoms with Gasteiger partial charge in [-0.05, 0) is 31.4 Å². The zero-order chi connectivity index (χ0) is 13.5. The summed E-state index contributed by atoms with van der Waals surface area (Å²) in [6, 6.07) is 4.01. The Morgan fingerprint density at radius 2 is 2.21 bits per heavy atom. The molecular weight excluding hydrogens is 251 g/mol. The Balaban J connectivity index is 2.02. The van der Waals surface area contributed by atoms with E-state index >= 15 is 0 Å². The van der Waals surface area contributed by atoms with Crippen LogP contribution in [0.5, 0.6) is 5.75 Å². The second-order valence-electron chi connectivity index (χ2n) is 4.61. The summed E-state index contributed by atoms with van der Waals surface area (Å²) < 4.78 is 24.2. The van der Waals surface area contributed by atoms with Crippen LogP contribution in [-0.4, -0.2) is 22.4 Å². The minimum atomic E-state index is -0.602. The van der Waals surface area contributed by atoms with Gasteiger partial charge in [0.05, 0.1) is 0 Å². The predicted octanol–water partition coefficient (Wildman–Crippen LogP) is 2.61. The van der Waals surface area contributed by atoms with Gasteiger partial charge in [-0.2, -0.15) is 4.98 Å². The Kier molecular flexibility index (Phi) is 2.74. The Morgan fingerprint density at radius 3 is 2.79 bits per heavy atom. The maximum Gasteiger partial charge on any atom is 0.264 e. The molecule has 1 aromatic heterocycles. The summed E-state index contributed by atoms with van der Waals surface area (Å²) in [6.45, 7) is 0. The van der Waals surface area contributed by atoms with Crippen LogP contribution in [0.4, 0.5) is 4.39 Å². The lowest BCUT2D eigenvalue weighted by molar-refractivity contribution is -0.0858. The molecule has 1 fully saturated rings. The van der Waals surface area contributed by atoms with Crippen molar-refractivity contribution < 1.29 is 18.8 Å². The van der Waals surface area contributed by atoms with Crippen molar-refractivity contribution in [3.8, 4) is 17.2 Å². The lowest BCUT2D eigenvalue weighted by Gasteiger charge is -2.37. The molecule has 0 aliphatic heterocycles. The van der Waals surface area contributed by atoms with Crippen molar-refractivity contribution in [2.24, 2.45) is 0 Å². The Labute approximate surface area is 109 Å². The fourth-order valence-electron chi connectivity index (χ4n) is 2.25. The highest BCUT2D eigenvalue weighted by Crippen LogP contribution is 2.43. The van der Waals surface area contributed by atoms with Crippen molar-refractivity contribution in [3.63, 3.8) is 0 Å². The number of aromatic nitrogens is 2. The monoisotopic (exact) mass is 264 g/mol. The largest absolute Gasteiger partial charge is 0.507 e. The van der Waals surface area contributed by atoms with Crippen molar-refractivity contribution in [1.82, 2.24) is 10.1 Å². The Bertz CT molecular complexity index is 582. The van der Waals surface area contributed by atoms with Crippen LogP contribution >= 0.6 is 0 Å². The smallest absolute Gasteiger partial charge is 0.264 e. The first kappa shape index (κ1) is 12.1. The summed E-state index contributed by atoms with van der Waals surface area (Å²) in [5.41, 5.74) is -0.602. The summed E-state index contributed by atoms with van der Waals surface area (Å²) in [6.07, 6.45) is 2.65. The van der Waals surface area contributed by atoms with Crippen LogP contribution in [0.1, 0.15) is 25.1 Å². The fraction of sp³-hybridized carbons (Fsp3) is 0.385. The van der Waals surface area contributed by atoms with E-state index in [4.69, 9.17) is 9.26 Å². The van der Waals surface area contributed by atoms with Gasteiger partial charge in [0.25, 0.3) is 5.89 Å². The van der Waals surface area contributed by atoms with Crippen LogP contribution < -0.4 is 0 Å². The van der Waals surface area contributed by atoms with Crippen LogP contribution in [0.3, 0.4) is 0 Å². The highest BCUT2D eigenvalue weighted by Gasteiger charge is 2.43. The van der Waals surface area contributed by atoms with Gasteiger partial charge in [0.1, 0.15) is 22.7 Å². The molecule has 19 heavy (non-hydrogen) atoms. The van der Waals surface area contributed by atoms with Gasteiger partial charge in [0.2, 0.25) is 5.82 Å². The van der Waals surface area contributed by atoms with Gasteiger partial charge in [-0.1, -0.05) is 11.2 Å². The standard InChI is InChI=1S/C13H13FN2O3/c1-18-13(6-3-7-13)12-15-11(19-16-12)10-8(14)4-2-5-9(10)17/h2,4-5,17H,3,6-7H2,1H3. The van der Waals surface area contributed by atoms with E-state index in [-0.39, 0.29) is 17.2 Å². The molecule has 0 radical (unpaired) electrons. The fourth-order valence-corrected chi connectivity index (χ4v) is 2.25. The predicted molar refractivity (Wildman–Crippen MR) is 63.9 cm³/mol. The van der Waals surface area contributed by atoms with E-state index in [1.165, 1.54) is 18.2 Å². The Morgan fingerprint density at radius 1 is 1.42 bits per heavy atom. The topological polar surface area (TPSA) is 68.4 Å². The molecule has 2 aromatic rings. The molecule has 5 nitrogen and oxygen atoms in total. The first-order valence-corrected chi connectivity index (χ1v) is 6.03. The molecule has 1 aliphatic carbocycles. The van der Waals surface area contributed by atoms with Crippen molar-refractivity contribution >= 4 is 0 Å². The van der Waals surface area contributed by atoms with Gasteiger partial charge >= 0.3 is 0 Å². The van der Waals surface area contributed by atoms with Crippen molar-refractivity contribution in [2.75, 3.05) is 7.11 Å². The number of nitrogens with zero attached hydrogens (tertiary/aromatic N) is 2. The van der Waals surface area contributed by atoms with E-state index in [1.807, 2.05) is 0 Å². The number of hydrogen-bond donors (Lipinski definition) is 1. The molecule has 1 aliphatic rings. The zero-order valence-electron chi connectivity index (χ0n) is 10.4.